The fraction of sp³-hybridized carbons (Fsp3) is 0.704. The van der Waals surface area contributed by atoms with Crippen molar-refractivity contribution in [2.24, 2.45) is 16.7 Å². The largest absolute Gasteiger partial charge is 0.386 e. The van der Waals surface area contributed by atoms with E-state index in [1.165, 1.54) is 68.2 Å². The Bertz CT molecular complexity index is 629. The first-order valence-electron chi connectivity index (χ1n) is 11.7. The summed E-state index contributed by atoms with van der Waals surface area (Å²) in [6, 6.07) is 9.99. The molecule has 0 saturated heterocycles. The van der Waals surface area contributed by atoms with Crippen molar-refractivity contribution < 1.29 is 0 Å². The molecule has 0 amide bonds. The highest BCUT2D eigenvalue weighted by Gasteiger charge is 2.38. The summed E-state index contributed by atoms with van der Waals surface area (Å²) in [7, 11) is 0. The van der Waals surface area contributed by atoms with E-state index in [1.54, 1.807) is 0 Å². The maximum atomic E-state index is 4.32. The SMILES string of the molecule is C=C(Cc1ccc(C2CC(C)(C)CC(C)(C)C2)cc1)NC(C)C1CCCCC1. The summed E-state index contributed by atoms with van der Waals surface area (Å²) >= 11 is 0. The molecule has 2 aliphatic rings. The second-order valence-electron chi connectivity index (χ2n) is 11.5. The van der Waals surface area contributed by atoms with E-state index in [0.29, 0.717) is 22.8 Å². The van der Waals surface area contributed by atoms with Crippen LogP contribution in [0.4, 0.5) is 0 Å². The highest BCUT2D eigenvalue weighted by Crippen LogP contribution is 2.51. The van der Waals surface area contributed by atoms with E-state index in [2.05, 4.69) is 70.8 Å². The summed E-state index contributed by atoms with van der Waals surface area (Å²) < 4.78 is 0. The lowest BCUT2D eigenvalue weighted by Gasteiger charge is -2.45. The standard InChI is InChI=1S/C27H43N/c1-20(28-21(2)23-10-8-7-9-11-23)16-22-12-14-24(15-13-22)25-17-26(3,4)19-27(5,6)18-25/h12-15,21,23,25,28H,1,7-11,16-19H2,2-6H3. The van der Waals surface area contributed by atoms with Crippen LogP contribution in [0.15, 0.2) is 36.5 Å². The number of benzene rings is 1. The lowest BCUT2D eigenvalue weighted by Crippen LogP contribution is -2.34. The van der Waals surface area contributed by atoms with Crippen molar-refractivity contribution in [2.45, 2.75) is 104 Å². The van der Waals surface area contributed by atoms with Gasteiger partial charge in [0.05, 0.1) is 0 Å². The second-order valence-corrected chi connectivity index (χ2v) is 11.5. The van der Waals surface area contributed by atoms with Gasteiger partial charge < -0.3 is 5.32 Å². The van der Waals surface area contributed by atoms with Crippen LogP contribution in [0.25, 0.3) is 0 Å². The lowest BCUT2D eigenvalue weighted by atomic mass is 9.60. The molecule has 1 aromatic rings. The van der Waals surface area contributed by atoms with Crippen molar-refractivity contribution in [3.63, 3.8) is 0 Å². The van der Waals surface area contributed by atoms with Gasteiger partial charge in [-0.2, -0.15) is 0 Å². The monoisotopic (exact) mass is 381 g/mol. The summed E-state index contributed by atoms with van der Waals surface area (Å²) in [5.74, 6) is 1.52. The molecule has 0 heterocycles. The molecule has 1 atom stereocenters. The van der Waals surface area contributed by atoms with Crippen LogP contribution in [0.2, 0.25) is 0 Å². The van der Waals surface area contributed by atoms with Crippen molar-refractivity contribution in [1.29, 1.82) is 0 Å². The van der Waals surface area contributed by atoms with Gasteiger partial charge in [0.15, 0.2) is 0 Å². The normalized spacial score (nSPS) is 23.9. The number of rotatable bonds is 6. The quantitative estimate of drug-likeness (QED) is 0.534. The molecule has 0 aromatic heterocycles. The van der Waals surface area contributed by atoms with E-state index in [-0.39, 0.29) is 0 Å². The second kappa shape index (κ2) is 8.64. The molecule has 1 N–H and O–H groups in total. The van der Waals surface area contributed by atoms with Gasteiger partial charge in [-0.1, -0.05) is 77.8 Å². The molecule has 2 fully saturated rings. The molecule has 3 rings (SSSR count). The zero-order valence-electron chi connectivity index (χ0n) is 19.1. The van der Waals surface area contributed by atoms with E-state index in [4.69, 9.17) is 0 Å². The summed E-state index contributed by atoms with van der Waals surface area (Å²) in [5, 5.41) is 3.70. The molecule has 0 spiro atoms. The van der Waals surface area contributed by atoms with Gasteiger partial charge in [-0.3, -0.25) is 0 Å². The van der Waals surface area contributed by atoms with E-state index in [1.807, 2.05) is 0 Å². The fourth-order valence-electron chi connectivity index (χ4n) is 6.36. The maximum absolute atomic E-state index is 4.32. The zero-order chi connectivity index (χ0) is 20.4. The summed E-state index contributed by atoms with van der Waals surface area (Å²) in [4.78, 5) is 0. The van der Waals surface area contributed by atoms with Gasteiger partial charge in [0.25, 0.3) is 0 Å². The van der Waals surface area contributed by atoms with E-state index >= 15 is 0 Å². The van der Waals surface area contributed by atoms with Gasteiger partial charge in [-0.05, 0) is 72.8 Å². The number of hydrogen-bond donors (Lipinski definition) is 1. The van der Waals surface area contributed by atoms with Crippen LogP contribution in [-0.2, 0) is 6.42 Å². The Morgan fingerprint density at radius 2 is 1.57 bits per heavy atom. The summed E-state index contributed by atoms with van der Waals surface area (Å²) in [6.07, 6.45) is 11.9. The van der Waals surface area contributed by atoms with Crippen LogP contribution >= 0.6 is 0 Å². The van der Waals surface area contributed by atoms with Crippen molar-refractivity contribution in [3.8, 4) is 0 Å². The predicted octanol–water partition coefficient (Wildman–Crippen LogP) is 7.62. The summed E-state index contributed by atoms with van der Waals surface area (Å²) in [5.41, 5.74) is 4.97. The van der Waals surface area contributed by atoms with Crippen LogP contribution in [0, 0.1) is 16.7 Å². The molecule has 1 aromatic carbocycles. The first-order valence-corrected chi connectivity index (χ1v) is 11.7. The Hall–Kier alpha value is -1.24. The van der Waals surface area contributed by atoms with Crippen LogP contribution in [0.5, 0.6) is 0 Å². The van der Waals surface area contributed by atoms with Crippen molar-refractivity contribution in [1.82, 2.24) is 5.32 Å². The van der Waals surface area contributed by atoms with Crippen molar-refractivity contribution in [3.05, 3.63) is 47.7 Å². The Morgan fingerprint density at radius 1 is 1.00 bits per heavy atom. The predicted molar refractivity (Wildman–Crippen MR) is 123 cm³/mol. The molecule has 1 heteroatoms. The number of hydrogen-bond acceptors (Lipinski definition) is 1. The van der Waals surface area contributed by atoms with Crippen LogP contribution in [0.1, 0.15) is 103 Å². The Kier molecular flexibility index (Phi) is 6.62. The van der Waals surface area contributed by atoms with Gasteiger partial charge in [-0.15, -0.1) is 0 Å². The number of nitrogens with one attached hydrogen (secondary N) is 1. The van der Waals surface area contributed by atoms with E-state index in [0.717, 1.165) is 12.3 Å². The van der Waals surface area contributed by atoms with E-state index < -0.39 is 0 Å². The highest BCUT2D eigenvalue weighted by atomic mass is 14.9. The lowest BCUT2D eigenvalue weighted by molar-refractivity contribution is 0.0969. The smallest absolute Gasteiger partial charge is 0.0258 e. The van der Waals surface area contributed by atoms with Gasteiger partial charge in [0.1, 0.15) is 0 Å². The molecule has 2 aliphatic carbocycles. The van der Waals surface area contributed by atoms with Crippen LogP contribution < -0.4 is 5.32 Å². The van der Waals surface area contributed by atoms with Crippen molar-refractivity contribution in [2.75, 3.05) is 0 Å². The van der Waals surface area contributed by atoms with Crippen molar-refractivity contribution >= 4 is 0 Å². The molecule has 0 bridgehead atoms. The molecule has 2 saturated carbocycles. The van der Waals surface area contributed by atoms with Gasteiger partial charge in [-0.25, -0.2) is 0 Å². The molecule has 28 heavy (non-hydrogen) atoms. The topological polar surface area (TPSA) is 12.0 Å². The van der Waals surface area contributed by atoms with Crippen LogP contribution in [-0.4, -0.2) is 6.04 Å². The highest BCUT2D eigenvalue weighted by molar-refractivity contribution is 5.28. The average molecular weight is 382 g/mol. The minimum atomic E-state index is 0.443. The third-order valence-corrected chi connectivity index (χ3v) is 7.21. The molecule has 1 unspecified atom stereocenters. The first kappa shape index (κ1) is 21.5. The average Bonchev–Trinajstić information content (AvgIpc) is 2.60. The summed E-state index contributed by atoms with van der Waals surface area (Å²) in [6.45, 7) is 16.4. The molecule has 0 aliphatic heterocycles. The fourth-order valence-corrected chi connectivity index (χ4v) is 6.36. The zero-order valence-corrected chi connectivity index (χ0v) is 19.1. The maximum Gasteiger partial charge on any atom is 0.0258 e. The first-order chi connectivity index (χ1) is 13.1. The minimum absolute atomic E-state index is 0.443. The Balaban J connectivity index is 1.56. The van der Waals surface area contributed by atoms with Gasteiger partial charge in [0.2, 0.25) is 0 Å². The Labute approximate surface area is 174 Å². The molecular weight excluding hydrogens is 338 g/mol. The van der Waals surface area contributed by atoms with Gasteiger partial charge >= 0.3 is 0 Å². The molecule has 1 nitrogen and oxygen atoms in total. The third-order valence-electron chi connectivity index (χ3n) is 7.21. The van der Waals surface area contributed by atoms with Crippen LogP contribution in [0.3, 0.4) is 0 Å². The third kappa shape index (κ3) is 5.88. The minimum Gasteiger partial charge on any atom is -0.386 e. The van der Waals surface area contributed by atoms with Gasteiger partial charge in [0, 0.05) is 18.2 Å². The molecule has 156 valence electrons. The molecular formula is C27H43N. The van der Waals surface area contributed by atoms with E-state index in [9.17, 15) is 0 Å². The number of allylic oxidation sites excluding steroid dienone is 1. The molecule has 0 radical (unpaired) electrons. The Morgan fingerprint density at radius 3 is 2.14 bits per heavy atom.